The van der Waals surface area contributed by atoms with E-state index in [1.54, 1.807) is 12.3 Å². The number of halogens is 1. The Morgan fingerprint density at radius 2 is 2.10 bits per heavy atom. The van der Waals surface area contributed by atoms with Crippen molar-refractivity contribution in [3.63, 3.8) is 0 Å². The molecule has 2 atom stereocenters. The Morgan fingerprint density at radius 3 is 2.75 bits per heavy atom. The summed E-state index contributed by atoms with van der Waals surface area (Å²) in [6.07, 6.45) is 7.32. The van der Waals surface area contributed by atoms with E-state index in [9.17, 15) is 4.79 Å². The number of carbonyl (C=O) groups is 1. The molecule has 0 spiro atoms. The molecule has 3 rings (SSSR count). The summed E-state index contributed by atoms with van der Waals surface area (Å²) in [5, 5.41) is 4.06. The Bertz CT molecular complexity index is 545. The van der Waals surface area contributed by atoms with Crippen LogP contribution in [0.2, 0.25) is 0 Å². The second-order valence-corrected chi connectivity index (χ2v) is 6.30. The van der Waals surface area contributed by atoms with E-state index in [2.05, 4.69) is 38.0 Å². The van der Waals surface area contributed by atoms with Gasteiger partial charge in [0.2, 0.25) is 0 Å². The SMILES string of the molecule is CN1[C@H]2CC[C@H]1CC(=NOC(=O)c1cncc(Br)c1)C2. The number of fused-ring (bicyclic) bond motifs is 2. The fraction of sp³-hybridized carbons (Fsp3) is 0.500. The van der Waals surface area contributed by atoms with Gasteiger partial charge in [-0.2, -0.15) is 0 Å². The van der Waals surface area contributed by atoms with Gasteiger partial charge in [0, 0.05) is 41.8 Å². The van der Waals surface area contributed by atoms with Crippen molar-refractivity contribution in [1.29, 1.82) is 0 Å². The fourth-order valence-electron chi connectivity index (χ4n) is 2.97. The van der Waals surface area contributed by atoms with Gasteiger partial charge in [0.15, 0.2) is 0 Å². The molecule has 0 radical (unpaired) electrons. The molecule has 5 nitrogen and oxygen atoms in total. The monoisotopic (exact) mass is 337 g/mol. The molecule has 2 bridgehead atoms. The van der Waals surface area contributed by atoms with E-state index < -0.39 is 5.97 Å². The van der Waals surface area contributed by atoms with Gasteiger partial charge in [0.05, 0.1) is 11.3 Å². The molecule has 2 aliphatic rings. The molecule has 2 saturated heterocycles. The van der Waals surface area contributed by atoms with Gasteiger partial charge in [-0.3, -0.25) is 9.88 Å². The van der Waals surface area contributed by atoms with Crippen molar-refractivity contribution in [2.45, 2.75) is 37.8 Å². The normalized spacial score (nSPS) is 25.6. The molecule has 0 amide bonds. The zero-order chi connectivity index (χ0) is 14.1. The molecule has 2 fully saturated rings. The van der Waals surface area contributed by atoms with E-state index in [1.165, 1.54) is 19.0 Å². The molecule has 0 saturated carbocycles. The lowest BCUT2D eigenvalue weighted by atomic mass is 10.0. The highest BCUT2D eigenvalue weighted by atomic mass is 79.9. The Hall–Kier alpha value is -1.27. The van der Waals surface area contributed by atoms with E-state index in [1.807, 2.05) is 0 Å². The van der Waals surface area contributed by atoms with Crippen LogP contribution in [-0.4, -0.2) is 40.7 Å². The first kappa shape index (κ1) is 13.7. The van der Waals surface area contributed by atoms with Crippen molar-refractivity contribution >= 4 is 27.6 Å². The smallest absolute Gasteiger partial charge is 0.313 e. The van der Waals surface area contributed by atoms with Crippen molar-refractivity contribution < 1.29 is 9.63 Å². The van der Waals surface area contributed by atoms with Crippen LogP contribution in [0, 0.1) is 0 Å². The average molecular weight is 338 g/mol. The third-order valence-electron chi connectivity index (χ3n) is 4.13. The minimum atomic E-state index is -0.461. The summed E-state index contributed by atoms with van der Waals surface area (Å²) in [7, 11) is 2.16. The third kappa shape index (κ3) is 2.76. The standard InChI is InChI=1S/C14H16BrN3O2/c1-18-12-2-3-13(18)6-11(5-12)17-20-14(19)9-4-10(15)8-16-7-9/h4,7-8,12-13H,2-3,5-6H2,1H3/t12-,13-/m0/s1. The first-order valence-electron chi connectivity index (χ1n) is 6.73. The second-order valence-electron chi connectivity index (χ2n) is 5.39. The number of aromatic nitrogens is 1. The van der Waals surface area contributed by atoms with Crippen molar-refractivity contribution in [1.82, 2.24) is 9.88 Å². The summed E-state index contributed by atoms with van der Waals surface area (Å²) >= 11 is 3.28. The molecule has 0 N–H and O–H groups in total. The highest BCUT2D eigenvalue weighted by Gasteiger charge is 2.36. The van der Waals surface area contributed by atoms with Crippen LogP contribution in [0.5, 0.6) is 0 Å². The van der Waals surface area contributed by atoms with Gasteiger partial charge in [-0.1, -0.05) is 5.16 Å². The number of piperidine rings is 1. The van der Waals surface area contributed by atoms with Crippen LogP contribution in [0.4, 0.5) is 0 Å². The number of carbonyl (C=O) groups excluding carboxylic acids is 1. The molecular weight excluding hydrogens is 322 g/mol. The zero-order valence-electron chi connectivity index (χ0n) is 11.3. The van der Waals surface area contributed by atoms with Crippen LogP contribution in [0.1, 0.15) is 36.0 Å². The molecule has 0 unspecified atom stereocenters. The number of rotatable bonds is 2. The van der Waals surface area contributed by atoms with Crippen LogP contribution >= 0.6 is 15.9 Å². The summed E-state index contributed by atoms with van der Waals surface area (Å²) in [4.78, 5) is 23.3. The number of hydrogen-bond acceptors (Lipinski definition) is 5. The Morgan fingerprint density at radius 1 is 1.40 bits per heavy atom. The quantitative estimate of drug-likeness (QED) is 0.614. The molecular formula is C14H16BrN3O2. The maximum atomic E-state index is 11.9. The maximum absolute atomic E-state index is 11.9. The maximum Gasteiger partial charge on any atom is 0.367 e. The van der Waals surface area contributed by atoms with Crippen LogP contribution in [0.3, 0.4) is 0 Å². The van der Waals surface area contributed by atoms with Gasteiger partial charge in [-0.05, 0) is 41.9 Å². The zero-order valence-corrected chi connectivity index (χ0v) is 12.8. The highest BCUT2D eigenvalue weighted by molar-refractivity contribution is 9.10. The Balaban J connectivity index is 1.64. The van der Waals surface area contributed by atoms with Crippen molar-refractivity contribution in [2.24, 2.45) is 5.16 Å². The molecule has 2 aliphatic heterocycles. The Labute approximate surface area is 126 Å². The van der Waals surface area contributed by atoms with Gasteiger partial charge >= 0.3 is 5.97 Å². The Kier molecular flexibility index (Phi) is 3.85. The van der Waals surface area contributed by atoms with Crippen molar-refractivity contribution in [2.75, 3.05) is 7.05 Å². The molecule has 3 heterocycles. The first-order valence-corrected chi connectivity index (χ1v) is 7.52. The lowest BCUT2D eigenvalue weighted by Crippen LogP contribution is -2.40. The first-order chi connectivity index (χ1) is 9.63. The minimum absolute atomic E-state index is 0.402. The van der Waals surface area contributed by atoms with E-state index >= 15 is 0 Å². The fourth-order valence-corrected chi connectivity index (χ4v) is 3.33. The molecule has 20 heavy (non-hydrogen) atoms. The van der Waals surface area contributed by atoms with Gasteiger partial charge < -0.3 is 4.84 Å². The van der Waals surface area contributed by atoms with E-state index in [0.29, 0.717) is 17.6 Å². The summed E-state index contributed by atoms with van der Waals surface area (Å²) < 4.78 is 0.747. The number of nitrogens with zero attached hydrogens (tertiary/aromatic N) is 3. The van der Waals surface area contributed by atoms with Crippen LogP contribution < -0.4 is 0 Å². The van der Waals surface area contributed by atoms with Crippen molar-refractivity contribution in [3.05, 3.63) is 28.5 Å². The van der Waals surface area contributed by atoms with Crippen LogP contribution in [-0.2, 0) is 4.84 Å². The summed E-state index contributed by atoms with van der Waals surface area (Å²) in [6.45, 7) is 0. The molecule has 6 heteroatoms. The van der Waals surface area contributed by atoms with Gasteiger partial charge in [0.1, 0.15) is 0 Å². The predicted octanol–water partition coefficient (Wildman–Crippen LogP) is 2.61. The summed E-state index contributed by atoms with van der Waals surface area (Å²) in [6, 6.07) is 2.78. The van der Waals surface area contributed by atoms with Gasteiger partial charge in [-0.25, -0.2) is 4.79 Å². The molecule has 0 aromatic carbocycles. The summed E-state index contributed by atoms with van der Waals surface area (Å²) in [5.41, 5.74) is 1.39. The number of pyridine rings is 1. The molecule has 0 aliphatic carbocycles. The van der Waals surface area contributed by atoms with E-state index in [-0.39, 0.29) is 0 Å². The minimum Gasteiger partial charge on any atom is -0.313 e. The lowest BCUT2D eigenvalue weighted by Gasteiger charge is -2.31. The third-order valence-corrected chi connectivity index (χ3v) is 4.56. The summed E-state index contributed by atoms with van der Waals surface area (Å²) in [5.74, 6) is -0.461. The van der Waals surface area contributed by atoms with Crippen LogP contribution in [0.25, 0.3) is 0 Å². The highest BCUT2D eigenvalue weighted by Crippen LogP contribution is 2.32. The van der Waals surface area contributed by atoms with E-state index in [4.69, 9.17) is 4.84 Å². The molecule has 106 valence electrons. The van der Waals surface area contributed by atoms with Gasteiger partial charge in [-0.15, -0.1) is 0 Å². The second kappa shape index (κ2) is 5.61. The van der Waals surface area contributed by atoms with E-state index in [0.717, 1.165) is 23.0 Å². The largest absolute Gasteiger partial charge is 0.367 e. The van der Waals surface area contributed by atoms with Gasteiger partial charge in [0.25, 0.3) is 0 Å². The van der Waals surface area contributed by atoms with Crippen molar-refractivity contribution in [3.8, 4) is 0 Å². The predicted molar refractivity (Wildman–Crippen MR) is 78.6 cm³/mol. The number of oxime groups is 1. The average Bonchev–Trinajstić information content (AvgIpc) is 2.66. The van der Waals surface area contributed by atoms with Crippen LogP contribution in [0.15, 0.2) is 28.1 Å². The number of hydrogen-bond donors (Lipinski definition) is 0. The molecule has 1 aromatic heterocycles. The molecule has 1 aromatic rings. The topological polar surface area (TPSA) is 54.8 Å². The lowest BCUT2D eigenvalue weighted by molar-refractivity contribution is 0.0510.